The molecule has 9 heteroatoms. The van der Waals surface area contributed by atoms with Crippen LogP contribution < -0.4 is 0 Å². The molecule has 1 aliphatic rings. The molecular weight excluding hydrogens is 428 g/mol. The van der Waals surface area contributed by atoms with E-state index >= 15 is 0 Å². The third-order valence-corrected chi connectivity index (χ3v) is 7.09. The van der Waals surface area contributed by atoms with E-state index < -0.39 is 21.9 Å². The summed E-state index contributed by atoms with van der Waals surface area (Å²) in [6.45, 7) is 0.971. The Bertz CT molecular complexity index is 1000. The summed E-state index contributed by atoms with van der Waals surface area (Å²) in [5.41, 5.74) is 1.08. The molecule has 3 rings (SSSR count). The molecule has 0 aliphatic carbocycles. The van der Waals surface area contributed by atoms with E-state index in [-0.39, 0.29) is 23.5 Å². The summed E-state index contributed by atoms with van der Waals surface area (Å²) in [7, 11) is -2.30. The number of esters is 1. The summed E-state index contributed by atoms with van der Waals surface area (Å²) in [6, 6.07) is 12.7. The van der Waals surface area contributed by atoms with Crippen molar-refractivity contribution in [2.24, 2.45) is 0 Å². The van der Waals surface area contributed by atoms with Crippen LogP contribution in [0.1, 0.15) is 28.8 Å². The Morgan fingerprint density at radius 1 is 1.03 bits per heavy atom. The third-order valence-electron chi connectivity index (χ3n) is 4.93. The Balaban J connectivity index is 1.80. The molecule has 7 nitrogen and oxygen atoms in total. The van der Waals surface area contributed by atoms with Crippen LogP contribution in [-0.4, -0.2) is 56.2 Å². The summed E-state index contributed by atoms with van der Waals surface area (Å²) in [6.07, 6.45) is 1.70. The van der Waals surface area contributed by atoms with Crippen molar-refractivity contribution in [2.75, 3.05) is 26.7 Å². The van der Waals surface area contributed by atoms with Gasteiger partial charge in [-0.05, 0) is 54.8 Å². The number of amides is 1. The van der Waals surface area contributed by atoms with E-state index in [4.69, 9.17) is 16.3 Å². The van der Waals surface area contributed by atoms with Gasteiger partial charge < -0.3 is 9.64 Å². The highest BCUT2D eigenvalue weighted by Gasteiger charge is 2.27. The fourth-order valence-corrected chi connectivity index (χ4v) is 4.90. The van der Waals surface area contributed by atoms with Gasteiger partial charge in [-0.2, -0.15) is 4.31 Å². The fourth-order valence-electron chi connectivity index (χ4n) is 3.26. The number of rotatable bonds is 7. The molecule has 1 amide bonds. The maximum atomic E-state index is 13.0. The van der Waals surface area contributed by atoms with Gasteiger partial charge in [-0.3, -0.25) is 9.59 Å². The molecule has 0 bridgehead atoms. The molecule has 30 heavy (non-hydrogen) atoms. The normalized spacial score (nSPS) is 14.5. The molecule has 0 unspecified atom stereocenters. The summed E-state index contributed by atoms with van der Waals surface area (Å²) < 4.78 is 31.5. The van der Waals surface area contributed by atoms with Gasteiger partial charge in [-0.25, -0.2) is 8.42 Å². The maximum Gasteiger partial charge on any atom is 0.325 e. The number of hydrogen-bond donors (Lipinski definition) is 0. The van der Waals surface area contributed by atoms with Crippen molar-refractivity contribution in [1.82, 2.24) is 9.21 Å². The Kier molecular flexibility index (Phi) is 7.12. The number of carbonyl (C=O) groups is 2. The SMILES string of the molecule is COC(=O)CN(Cc1ccc(Cl)cc1)C(=O)c1ccc(S(=O)(=O)N2CCCC2)cc1. The molecule has 0 N–H and O–H groups in total. The lowest BCUT2D eigenvalue weighted by atomic mass is 10.1. The van der Waals surface area contributed by atoms with Crippen molar-refractivity contribution in [3.8, 4) is 0 Å². The van der Waals surface area contributed by atoms with Gasteiger partial charge in [0.1, 0.15) is 6.54 Å². The van der Waals surface area contributed by atoms with Crippen LogP contribution in [-0.2, 0) is 26.1 Å². The van der Waals surface area contributed by atoms with E-state index in [1.54, 1.807) is 24.3 Å². The Hall–Kier alpha value is -2.42. The number of ether oxygens (including phenoxy) is 1. The zero-order valence-corrected chi connectivity index (χ0v) is 18.2. The zero-order chi connectivity index (χ0) is 21.7. The second kappa shape index (κ2) is 9.59. The molecule has 1 aliphatic heterocycles. The van der Waals surface area contributed by atoms with E-state index in [1.807, 2.05) is 0 Å². The smallest absolute Gasteiger partial charge is 0.325 e. The largest absolute Gasteiger partial charge is 0.468 e. The van der Waals surface area contributed by atoms with Crippen molar-refractivity contribution in [3.05, 3.63) is 64.7 Å². The van der Waals surface area contributed by atoms with Gasteiger partial charge in [-0.15, -0.1) is 0 Å². The zero-order valence-electron chi connectivity index (χ0n) is 16.6. The van der Waals surface area contributed by atoms with Crippen LogP contribution in [0.25, 0.3) is 0 Å². The summed E-state index contributed by atoms with van der Waals surface area (Å²) >= 11 is 5.90. The van der Waals surface area contributed by atoms with Crippen LogP contribution >= 0.6 is 11.6 Å². The van der Waals surface area contributed by atoms with Crippen LogP contribution in [0.4, 0.5) is 0 Å². The Morgan fingerprint density at radius 2 is 1.63 bits per heavy atom. The molecule has 1 saturated heterocycles. The number of carbonyl (C=O) groups excluding carboxylic acids is 2. The molecule has 2 aromatic carbocycles. The van der Waals surface area contributed by atoms with Crippen LogP contribution in [0.3, 0.4) is 0 Å². The first-order chi connectivity index (χ1) is 14.3. The highest BCUT2D eigenvalue weighted by Crippen LogP contribution is 2.22. The topological polar surface area (TPSA) is 84.0 Å². The van der Waals surface area contributed by atoms with Crippen molar-refractivity contribution < 1.29 is 22.7 Å². The lowest BCUT2D eigenvalue weighted by Crippen LogP contribution is -2.35. The summed E-state index contributed by atoms with van der Waals surface area (Å²) in [5, 5.41) is 0.569. The van der Waals surface area contributed by atoms with Crippen LogP contribution in [0.5, 0.6) is 0 Å². The first kappa shape index (κ1) is 22.3. The Labute approximate surface area is 181 Å². The van der Waals surface area contributed by atoms with Gasteiger partial charge >= 0.3 is 5.97 Å². The second-order valence-electron chi connectivity index (χ2n) is 7.00. The maximum absolute atomic E-state index is 13.0. The van der Waals surface area contributed by atoms with Crippen molar-refractivity contribution >= 4 is 33.5 Å². The molecule has 0 radical (unpaired) electrons. The molecular formula is C21H23ClN2O5S. The monoisotopic (exact) mass is 450 g/mol. The second-order valence-corrected chi connectivity index (χ2v) is 9.37. The van der Waals surface area contributed by atoms with Gasteiger partial charge in [0.25, 0.3) is 5.91 Å². The number of benzene rings is 2. The van der Waals surface area contributed by atoms with Gasteiger partial charge in [-0.1, -0.05) is 23.7 Å². The fraction of sp³-hybridized carbons (Fsp3) is 0.333. The molecule has 0 spiro atoms. The third kappa shape index (κ3) is 5.19. The van der Waals surface area contributed by atoms with E-state index in [1.165, 1.54) is 40.6 Å². The minimum Gasteiger partial charge on any atom is -0.468 e. The minimum absolute atomic E-state index is 0.151. The summed E-state index contributed by atoms with van der Waals surface area (Å²) in [4.78, 5) is 26.3. The van der Waals surface area contributed by atoms with Crippen molar-refractivity contribution in [2.45, 2.75) is 24.3 Å². The van der Waals surface area contributed by atoms with E-state index in [0.29, 0.717) is 18.1 Å². The molecule has 1 heterocycles. The van der Waals surface area contributed by atoms with Gasteiger partial charge in [0.05, 0.1) is 12.0 Å². The lowest BCUT2D eigenvalue weighted by molar-refractivity contribution is -0.141. The molecule has 2 aromatic rings. The first-order valence-corrected chi connectivity index (χ1v) is 11.3. The van der Waals surface area contributed by atoms with Crippen LogP contribution in [0.2, 0.25) is 5.02 Å². The molecule has 0 aromatic heterocycles. The molecule has 1 fully saturated rings. The quantitative estimate of drug-likeness (QED) is 0.605. The van der Waals surface area contributed by atoms with Crippen molar-refractivity contribution in [1.29, 1.82) is 0 Å². The molecule has 0 atom stereocenters. The van der Waals surface area contributed by atoms with Gasteiger partial charge in [0.15, 0.2) is 0 Å². The van der Waals surface area contributed by atoms with E-state index in [9.17, 15) is 18.0 Å². The predicted molar refractivity (Wildman–Crippen MR) is 113 cm³/mol. The predicted octanol–water partition coefficient (Wildman–Crippen LogP) is 2.94. The lowest BCUT2D eigenvalue weighted by Gasteiger charge is -2.22. The summed E-state index contributed by atoms with van der Waals surface area (Å²) in [5.74, 6) is -0.953. The molecule has 0 saturated carbocycles. The van der Waals surface area contributed by atoms with Crippen LogP contribution in [0, 0.1) is 0 Å². The standard InChI is InChI=1S/C21H23ClN2O5S/c1-29-20(25)15-23(14-16-4-8-18(22)9-5-16)21(26)17-6-10-19(11-7-17)30(27,28)24-12-2-3-13-24/h4-11H,2-3,12-15H2,1H3. The average molecular weight is 451 g/mol. The average Bonchev–Trinajstić information content (AvgIpc) is 3.30. The number of halogens is 1. The number of methoxy groups -OCH3 is 1. The van der Waals surface area contributed by atoms with E-state index in [0.717, 1.165) is 18.4 Å². The highest BCUT2D eigenvalue weighted by atomic mass is 35.5. The van der Waals surface area contributed by atoms with Crippen molar-refractivity contribution in [3.63, 3.8) is 0 Å². The van der Waals surface area contributed by atoms with Gasteiger partial charge in [0, 0.05) is 30.2 Å². The first-order valence-electron chi connectivity index (χ1n) is 9.52. The van der Waals surface area contributed by atoms with Crippen LogP contribution in [0.15, 0.2) is 53.4 Å². The Morgan fingerprint density at radius 3 is 2.20 bits per heavy atom. The van der Waals surface area contributed by atoms with E-state index in [2.05, 4.69) is 0 Å². The highest BCUT2D eigenvalue weighted by molar-refractivity contribution is 7.89. The number of hydrogen-bond acceptors (Lipinski definition) is 5. The minimum atomic E-state index is -3.56. The number of nitrogens with zero attached hydrogens (tertiary/aromatic N) is 2. The molecule has 160 valence electrons. The number of sulfonamides is 1. The van der Waals surface area contributed by atoms with Gasteiger partial charge in [0.2, 0.25) is 10.0 Å².